The van der Waals surface area contributed by atoms with Crippen LogP contribution >= 0.6 is 11.8 Å². The Labute approximate surface area is 166 Å². The molecule has 0 radical (unpaired) electrons. The van der Waals surface area contributed by atoms with Crippen LogP contribution in [0.4, 0.5) is 5.69 Å². The lowest BCUT2D eigenvalue weighted by atomic mass is 10.1. The summed E-state index contributed by atoms with van der Waals surface area (Å²) in [6.07, 6.45) is 1.75. The van der Waals surface area contributed by atoms with Crippen LogP contribution in [0.25, 0.3) is 11.4 Å². The quantitative estimate of drug-likeness (QED) is 0.186. The van der Waals surface area contributed by atoms with E-state index in [1.165, 1.54) is 36.0 Å². The molecule has 0 unspecified atom stereocenters. The Balaban J connectivity index is 1.76. The average molecular weight is 394 g/mol. The zero-order valence-corrected chi connectivity index (χ0v) is 16.1. The van der Waals surface area contributed by atoms with Gasteiger partial charge in [0.15, 0.2) is 16.8 Å². The number of hydrogen-bond acceptors (Lipinski definition) is 6. The second kappa shape index (κ2) is 8.62. The van der Waals surface area contributed by atoms with E-state index < -0.39 is 4.92 Å². The van der Waals surface area contributed by atoms with E-state index in [4.69, 9.17) is 0 Å². The molecular weight excluding hydrogens is 376 g/mol. The van der Waals surface area contributed by atoms with Crippen LogP contribution in [-0.4, -0.2) is 31.2 Å². The third kappa shape index (κ3) is 4.34. The molecule has 0 atom stereocenters. The van der Waals surface area contributed by atoms with E-state index in [0.29, 0.717) is 23.1 Å². The lowest BCUT2D eigenvalue weighted by Crippen LogP contribution is -2.05. The highest BCUT2D eigenvalue weighted by Crippen LogP contribution is 2.25. The maximum absolute atomic E-state index is 12.4. The molecule has 0 N–H and O–H groups in total. The fraction of sp³-hybridized carbons (Fsp3) is 0.150. The van der Waals surface area contributed by atoms with Gasteiger partial charge in [0.05, 0.1) is 10.7 Å². The molecule has 0 aliphatic rings. The molecule has 142 valence electrons. The van der Waals surface area contributed by atoms with Crippen molar-refractivity contribution in [1.29, 1.82) is 0 Å². The molecule has 0 aliphatic heterocycles. The molecule has 0 aliphatic carbocycles. The summed E-state index contributed by atoms with van der Waals surface area (Å²) in [5.41, 5.74) is 2.47. The number of benzene rings is 2. The minimum Gasteiger partial charge on any atom is -0.298 e. The Hall–Kier alpha value is -3.26. The van der Waals surface area contributed by atoms with E-state index in [1.54, 1.807) is 6.08 Å². The first-order valence-corrected chi connectivity index (χ1v) is 9.49. The van der Waals surface area contributed by atoms with E-state index >= 15 is 0 Å². The normalized spacial score (nSPS) is 10.6. The summed E-state index contributed by atoms with van der Waals surface area (Å²) in [7, 11) is 0. The molecule has 28 heavy (non-hydrogen) atoms. The van der Waals surface area contributed by atoms with Gasteiger partial charge in [-0.05, 0) is 19.1 Å². The van der Waals surface area contributed by atoms with E-state index in [1.807, 2.05) is 35.8 Å². The van der Waals surface area contributed by atoms with E-state index in [9.17, 15) is 14.9 Å². The number of rotatable bonds is 8. The largest absolute Gasteiger partial charge is 0.298 e. The minimum absolute atomic E-state index is 0.0438. The molecule has 0 fully saturated rings. The topological polar surface area (TPSA) is 90.9 Å². The summed E-state index contributed by atoms with van der Waals surface area (Å²) in [5.74, 6) is 0.733. The first kappa shape index (κ1) is 19.5. The van der Waals surface area contributed by atoms with Gasteiger partial charge in [0, 0.05) is 29.8 Å². The number of nitro groups is 1. The summed E-state index contributed by atoms with van der Waals surface area (Å²) in [6.45, 7) is 6.32. The molecule has 3 rings (SSSR count). The lowest BCUT2D eigenvalue weighted by Gasteiger charge is -2.08. The van der Waals surface area contributed by atoms with Gasteiger partial charge < -0.3 is 0 Å². The van der Waals surface area contributed by atoms with Crippen LogP contribution in [0, 0.1) is 17.0 Å². The van der Waals surface area contributed by atoms with Crippen LogP contribution in [0.1, 0.15) is 15.9 Å². The van der Waals surface area contributed by atoms with Gasteiger partial charge in [0.1, 0.15) is 0 Å². The van der Waals surface area contributed by atoms with Gasteiger partial charge >= 0.3 is 0 Å². The highest BCUT2D eigenvalue weighted by Gasteiger charge is 2.16. The van der Waals surface area contributed by atoms with Gasteiger partial charge in [-0.3, -0.25) is 19.5 Å². The van der Waals surface area contributed by atoms with Crippen molar-refractivity contribution in [2.75, 3.05) is 5.75 Å². The summed E-state index contributed by atoms with van der Waals surface area (Å²) >= 11 is 1.28. The highest BCUT2D eigenvalue weighted by molar-refractivity contribution is 7.99. The number of nitro benzene ring substituents is 1. The molecular formula is C20H18N4O3S. The van der Waals surface area contributed by atoms with Gasteiger partial charge in [-0.15, -0.1) is 16.8 Å². The van der Waals surface area contributed by atoms with Crippen LogP contribution in [0.15, 0.2) is 66.3 Å². The number of allylic oxidation sites excluding steroid dienone is 1. The SMILES string of the molecule is C=CCn1c(SCC(=O)c2ccc([N+](=O)[O-])cc2)nnc1-c1ccc(C)cc1. The van der Waals surface area contributed by atoms with Gasteiger partial charge in [-0.2, -0.15) is 0 Å². The van der Waals surface area contributed by atoms with E-state index in [-0.39, 0.29) is 17.2 Å². The number of carbonyl (C=O) groups excluding carboxylic acids is 1. The average Bonchev–Trinajstić information content (AvgIpc) is 3.09. The number of ketones is 1. The van der Waals surface area contributed by atoms with Crippen molar-refractivity contribution in [2.45, 2.75) is 18.6 Å². The Morgan fingerprint density at radius 3 is 2.46 bits per heavy atom. The fourth-order valence-electron chi connectivity index (χ4n) is 2.59. The molecule has 1 aromatic heterocycles. The van der Waals surface area contributed by atoms with Gasteiger partial charge in [-0.1, -0.05) is 47.7 Å². The number of aromatic nitrogens is 3. The van der Waals surface area contributed by atoms with Crippen molar-refractivity contribution in [3.8, 4) is 11.4 Å². The van der Waals surface area contributed by atoms with Crippen molar-refractivity contribution in [1.82, 2.24) is 14.8 Å². The molecule has 8 heteroatoms. The Kier molecular flexibility index (Phi) is 6.00. The van der Waals surface area contributed by atoms with E-state index in [2.05, 4.69) is 16.8 Å². The Morgan fingerprint density at radius 2 is 1.86 bits per heavy atom. The first-order valence-electron chi connectivity index (χ1n) is 8.51. The van der Waals surface area contributed by atoms with Gasteiger partial charge in [0.25, 0.3) is 5.69 Å². The van der Waals surface area contributed by atoms with Crippen molar-refractivity contribution in [3.63, 3.8) is 0 Å². The number of hydrogen-bond donors (Lipinski definition) is 0. The zero-order chi connectivity index (χ0) is 20.1. The van der Waals surface area contributed by atoms with Crippen LogP contribution in [0.5, 0.6) is 0 Å². The molecule has 3 aromatic rings. The lowest BCUT2D eigenvalue weighted by molar-refractivity contribution is -0.384. The van der Waals surface area contributed by atoms with Gasteiger partial charge in [-0.25, -0.2) is 0 Å². The zero-order valence-electron chi connectivity index (χ0n) is 15.2. The summed E-state index contributed by atoms with van der Waals surface area (Å²) in [6, 6.07) is 13.6. The number of carbonyl (C=O) groups is 1. The molecule has 0 spiro atoms. The molecule has 0 saturated carbocycles. The predicted molar refractivity (Wildman–Crippen MR) is 109 cm³/mol. The number of Topliss-reactive ketones (excluding diaryl/α,β-unsaturated/α-hetero) is 1. The summed E-state index contributed by atoms with van der Waals surface area (Å²) in [5, 5.41) is 19.8. The van der Waals surface area contributed by atoms with Crippen LogP contribution < -0.4 is 0 Å². The Morgan fingerprint density at radius 1 is 1.18 bits per heavy atom. The second-order valence-corrected chi connectivity index (χ2v) is 7.03. The highest BCUT2D eigenvalue weighted by atomic mass is 32.2. The standard InChI is InChI=1S/C20H18N4O3S/c1-3-12-23-19(16-6-4-14(2)5-7-16)21-22-20(23)28-13-18(25)15-8-10-17(11-9-15)24(26)27/h3-11H,1,12-13H2,2H3. The number of non-ortho nitro benzene ring substituents is 1. The van der Waals surface area contributed by atoms with Crippen molar-refractivity contribution < 1.29 is 9.72 Å². The smallest absolute Gasteiger partial charge is 0.269 e. The number of aryl methyl sites for hydroxylation is 1. The monoisotopic (exact) mass is 394 g/mol. The maximum atomic E-state index is 12.4. The molecule has 0 saturated heterocycles. The van der Waals surface area contributed by atoms with E-state index in [0.717, 1.165) is 11.1 Å². The van der Waals surface area contributed by atoms with Crippen molar-refractivity contribution in [3.05, 3.63) is 82.4 Å². The minimum atomic E-state index is -0.493. The molecule has 0 amide bonds. The number of nitrogens with zero attached hydrogens (tertiary/aromatic N) is 4. The maximum Gasteiger partial charge on any atom is 0.269 e. The fourth-order valence-corrected chi connectivity index (χ4v) is 3.43. The third-order valence-corrected chi connectivity index (χ3v) is 5.04. The summed E-state index contributed by atoms with van der Waals surface area (Å²) < 4.78 is 1.91. The van der Waals surface area contributed by atoms with Crippen molar-refractivity contribution >= 4 is 23.2 Å². The van der Waals surface area contributed by atoms with Crippen LogP contribution in [0.3, 0.4) is 0 Å². The van der Waals surface area contributed by atoms with Crippen molar-refractivity contribution in [2.24, 2.45) is 0 Å². The van der Waals surface area contributed by atoms with Gasteiger partial charge in [0.2, 0.25) is 0 Å². The summed E-state index contributed by atoms with van der Waals surface area (Å²) in [4.78, 5) is 22.6. The second-order valence-electron chi connectivity index (χ2n) is 6.09. The first-order chi connectivity index (χ1) is 13.5. The molecule has 7 nitrogen and oxygen atoms in total. The molecule has 0 bridgehead atoms. The van der Waals surface area contributed by atoms with Crippen LogP contribution in [0.2, 0.25) is 0 Å². The predicted octanol–water partition coefficient (Wildman–Crippen LogP) is 4.32. The number of thioether (sulfide) groups is 1. The molecule has 2 aromatic carbocycles. The van der Waals surface area contributed by atoms with Crippen LogP contribution in [-0.2, 0) is 6.54 Å². The molecule has 1 heterocycles. The third-order valence-electron chi connectivity index (χ3n) is 4.07. The Bertz CT molecular complexity index is 1010.